The minimum atomic E-state index is -0.399. The fourth-order valence-electron chi connectivity index (χ4n) is 13.8. The predicted octanol–water partition coefficient (Wildman–Crippen LogP) is 14.7. The number of carbonyl (C=O) groups excluding carboxylic acids is 2. The monoisotopic (exact) mass is 843 g/mol. The van der Waals surface area contributed by atoms with Gasteiger partial charge in [-0.15, -0.1) is 0 Å². The number of furan rings is 1. The Balaban J connectivity index is 1.14. The zero-order valence-electron chi connectivity index (χ0n) is 36.1. The summed E-state index contributed by atoms with van der Waals surface area (Å²) in [5.74, 6) is -0.761. The molecule has 0 amide bonds. The molecule has 0 aliphatic heterocycles. The third kappa shape index (κ3) is 4.02. The van der Waals surface area contributed by atoms with Gasteiger partial charge in [-0.2, -0.15) is 0 Å². The van der Waals surface area contributed by atoms with Gasteiger partial charge in [-0.1, -0.05) is 133 Å². The molecular formula is C62H37NO3. The fourth-order valence-corrected chi connectivity index (χ4v) is 13.8. The number of Topliss-reactive ketones (excluding diaryl/α,β-unsaturated/α-hetero) is 2. The number of ketones is 2. The third-order valence-electron chi connectivity index (χ3n) is 16.3. The zero-order chi connectivity index (χ0) is 43.4. The Labute approximate surface area is 378 Å². The lowest BCUT2D eigenvalue weighted by Gasteiger charge is -2.30. The number of rotatable bonds is 1. The first kappa shape index (κ1) is 35.3. The average molecular weight is 844 g/mol. The van der Waals surface area contributed by atoms with E-state index in [9.17, 15) is 0 Å². The van der Waals surface area contributed by atoms with Gasteiger partial charge in [0.25, 0.3) is 0 Å². The molecule has 0 atom stereocenters. The van der Waals surface area contributed by atoms with E-state index in [1.54, 1.807) is 0 Å². The Hall–Kier alpha value is -8.08. The predicted molar refractivity (Wildman–Crippen MR) is 263 cm³/mol. The second kappa shape index (κ2) is 12.0. The number of aromatic nitrogens is 1. The van der Waals surface area contributed by atoms with Crippen molar-refractivity contribution in [2.24, 2.45) is 0 Å². The fraction of sp³-hybridized carbons (Fsp3) is 0.0968. The van der Waals surface area contributed by atoms with Crippen LogP contribution < -0.4 is 0 Å². The number of carbonyl (C=O) groups is 2. The van der Waals surface area contributed by atoms with Crippen molar-refractivity contribution in [3.05, 3.63) is 242 Å². The summed E-state index contributed by atoms with van der Waals surface area (Å²) in [5, 5.41) is 6.50. The van der Waals surface area contributed by atoms with Crippen molar-refractivity contribution in [3.8, 4) is 11.1 Å². The first-order chi connectivity index (χ1) is 32.5. The van der Waals surface area contributed by atoms with Gasteiger partial charge in [0.2, 0.25) is 0 Å². The summed E-state index contributed by atoms with van der Waals surface area (Å²) in [5.41, 5.74) is 22.0. The van der Waals surface area contributed by atoms with E-state index in [2.05, 4.69) is 182 Å². The molecule has 4 heteroatoms. The van der Waals surface area contributed by atoms with Gasteiger partial charge in [0.05, 0.1) is 28.4 Å². The standard InChI is InChI=1S/C62H37NO3/c1-30-14-13-15-31(2)50(30)58-56-46-27-42-44(61(65)54-38-22-9-5-18-34(38)52(42)35-19-6-10-23-39(35)54)29-48(46)63-47-28-43-41(26-45(47)55(59(56)63)57-40-24-11-12-25-49(40)66-62(57)58)51-32-16-3-7-20-36(32)53(60(43)64)37-21-8-4-17-33(37)51/h3-29,51-54H,1-2H3. The highest BCUT2D eigenvalue weighted by molar-refractivity contribution is 6.39. The van der Waals surface area contributed by atoms with Gasteiger partial charge in [-0.3, -0.25) is 9.59 Å². The minimum Gasteiger partial charge on any atom is -0.455 e. The molecular weight excluding hydrogens is 807 g/mol. The van der Waals surface area contributed by atoms with Crippen LogP contribution in [0, 0.1) is 13.8 Å². The summed E-state index contributed by atoms with van der Waals surface area (Å²) in [6.45, 7) is 4.41. The van der Waals surface area contributed by atoms with Crippen LogP contribution in [0.1, 0.15) is 111 Å². The van der Waals surface area contributed by atoms with E-state index in [1.807, 2.05) is 0 Å². The van der Waals surface area contributed by atoms with Crippen molar-refractivity contribution in [2.75, 3.05) is 0 Å². The molecule has 4 nitrogen and oxygen atoms in total. The second-order valence-corrected chi connectivity index (χ2v) is 19.3. The molecule has 4 bridgehead atoms. The van der Waals surface area contributed by atoms with Crippen molar-refractivity contribution in [3.63, 3.8) is 0 Å². The molecule has 3 aromatic heterocycles. The number of hydrogen-bond acceptors (Lipinski definition) is 3. The molecule has 12 aromatic rings. The maximum absolute atomic E-state index is 15.5. The molecule has 6 aliphatic rings. The van der Waals surface area contributed by atoms with E-state index < -0.39 is 11.8 Å². The van der Waals surface area contributed by atoms with Crippen molar-refractivity contribution in [2.45, 2.75) is 37.5 Å². The summed E-state index contributed by atoms with van der Waals surface area (Å²) in [7, 11) is 0. The van der Waals surface area contributed by atoms with Crippen molar-refractivity contribution in [1.29, 1.82) is 0 Å². The Morgan fingerprint density at radius 2 is 0.818 bits per heavy atom. The lowest BCUT2D eigenvalue weighted by molar-refractivity contribution is 0.0966. The number of benzene rings is 9. The lowest BCUT2D eigenvalue weighted by Crippen LogP contribution is -2.19. The van der Waals surface area contributed by atoms with Crippen LogP contribution >= 0.6 is 0 Å². The first-order valence-corrected chi connectivity index (χ1v) is 23.1. The Morgan fingerprint density at radius 3 is 1.30 bits per heavy atom. The quantitative estimate of drug-likeness (QED) is 0.165. The molecule has 0 saturated carbocycles. The highest BCUT2D eigenvalue weighted by Gasteiger charge is 2.45. The van der Waals surface area contributed by atoms with Crippen LogP contribution in [0.3, 0.4) is 0 Å². The van der Waals surface area contributed by atoms with Crippen molar-refractivity contribution < 1.29 is 14.0 Å². The van der Waals surface area contributed by atoms with Crippen LogP contribution in [0.2, 0.25) is 0 Å². The Morgan fingerprint density at radius 1 is 0.394 bits per heavy atom. The normalized spacial score (nSPS) is 18.8. The first-order valence-electron chi connectivity index (χ1n) is 23.1. The van der Waals surface area contributed by atoms with E-state index in [1.165, 1.54) is 33.4 Å². The van der Waals surface area contributed by atoms with Gasteiger partial charge in [-0.05, 0) is 117 Å². The molecule has 18 rings (SSSR count). The molecule has 9 aromatic carbocycles. The van der Waals surface area contributed by atoms with E-state index in [4.69, 9.17) is 4.42 Å². The van der Waals surface area contributed by atoms with Crippen LogP contribution in [0.4, 0.5) is 0 Å². The second-order valence-electron chi connectivity index (χ2n) is 19.3. The van der Waals surface area contributed by atoms with Gasteiger partial charge >= 0.3 is 0 Å². The van der Waals surface area contributed by atoms with Crippen LogP contribution in [0.15, 0.2) is 168 Å². The van der Waals surface area contributed by atoms with E-state index in [0.29, 0.717) is 0 Å². The van der Waals surface area contributed by atoms with Gasteiger partial charge in [0.1, 0.15) is 11.2 Å². The van der Waals surface area contributed by atoms with Crippen LogP contribution in [0.5, 0.6) is 0 Å². The molecule has 6 aliphatic carbocycles. The van der Waals surface area contributed by atoms with E-state index >= 15 is 9.59 Å². The Bertz CT molecular complexity index is 4160. The number of para-hydroxylation sites is 1. The smallest absolute Gasteiger partial charge is 0.175 e. The highest BCUT2D eigenvalue weighted by Crippen LogP contribution is 2.58. The zero-order valence-corrected chi connectivity index (χ0v) is 36.1. The summed E-state index contributed by atoms with van der Waals surface area (Å²) in [6.07, 6.45) is 0. The average Bonchev–Trinajstić information content (AvgIpc) is 3.91. The number of fused-ring (bicyclic) bond motifs is 10. The summed E-state index contributed by atoms with van der Waals surface area (Å²) in [4.78, 5) is 31.0. The van der Waals surface area contributed by atoms with Crippen molar-refractivity contribution >= 4 is 71.6 Å². The van der Waals surface area contributed by atoms with E-state index in [-0.39, 0.29) is 23.4 Å². The van der Waals surface area contributed by atoms with Crippen LogP contribution in [-0.2, 0) is 0 Å². The number of aryl methyl sites for hydroxylation is 2. The molecule has 0 fully saturated rings. The van der Waals surface area contributed by atoms with Gasteiger partial charge < -0.3 is 8.82 Å². The molecule has 0 spiro atoms. The van der Waals surface area contributed by atoms with E-state index in [0.717, 1.165) is 116 Å². The molecule has 66 heavy (non-hydrogen) atoms. The third-order valence-corrected chi connectivity index (χ3v) is 16.3. The molecule has 0 N–H and O–H groups in total. The molecule has 3 heterocycles. The maximum atomic E-state index is 15.5. The van der Waals surface area contributed by atoms with Gasteiger partial charge in [-0.25, -0.2) is 0 Å². The largest absolute Gasteiger partial charge is 0.455 e. The van der Waals surface area contributed by atoms with Crippen LogP contribution in [-0.4, -0.2) is 16.0 Å². The Kier molecular flexibility index (Phi) is 6.40. The summed E-state index contributed by atoms with van der Waals surface area (Å²) in [6, 6.07) is 58.4. The SMILES string of the molecule is Cc1cccc(C)c1-c1c2oc3ccccc3c2c2c3cc4c(cc3n3c5cc6c(cc5c1c23)C1c2ccccc2C(C6=O)c2ccccc21)C(=O)C1c2ccccc2C4c2ccccc21. The number of nitrogens with zero attached hydrogens (tertiary/aromatic N) is 1. The molecule has 308 valence electrons. The maximum Gasteiger partial charge on any atom is 0.175 e. The van der Waals surface area contributed by atoms with Gasteiger partial charge in [0.15, 0.2) is 11.6 Å². The summed E-state index contributed by atoms with van der Waals surface area (Å²) >= 11 is 0. The topological polar surface area (TPSA) is 51.7 Å². The van der Waals surface area contributed by atoms with Crippen molar-refractivity contribution in [1.82, 2.24) is 4.40 Å². The summed E-state index contributed by atoms with van der Waals surface area (Å²) < 4.78 is 9.63. The highest BCUT2D eigenvalue weighted by atomic mass is 16.3. The minimum absolute atomic E-state index is 0.106. The van der Waals surface area contributed by atoms with Gasteiger partial charge in [0, 0.05) is 60.8 Å². The lowest BCUT2D eigenvalue weighted by atomic mass is 9.72. The molecule has 0 unspecified atom stereocenters. The van der Waals surface area contributed by atoms with Crippen LogP contribution in [0.25, 0.3) is 71.2 Å². The number of hydrogen-bond donors (Lipinski definition) is 0. The molecule has 0 radical (unpaired) electrons. The molecule has 0 saturated heterocycles.